The smallest absolute Gasteiger partial charge is 0.216 e. The molecule has 0 saturated carbocycles. The molecule has 0 spiro atoms. The van der Waals surface area contributed by atoms with Crippen LogP contribution in [0.4, 0.5) is 0 Å². The summed E-state index contributed by atoms with van der Waals surface area (Å²) < 4.78 is 5.25. The zero-order chi connectivity index (χ0) is 9.68. The number of aryl methyl sites for hydroxylation is 1. The number of aromatic nitrogens is 1. The number of rotatable bonds is 3. The molecular formula is C9H12N2O2. The molecule has 1 heterocycles. The van der Waals surface area contributed by atoms with E-state index in [1.807, 2.05) is 19.9 Å². The summed E-state index contributed by atoms with van der Waals surface area (Å²) in [5, 5.41) is 11.2. The van der Waals surface area contributed by atoms with Gasteiger partial charge in [-0.15, -0.1) is 0 Å². The quantitative estimate of drug-likeness (QED) is 0.436. The van der Waals surface area contributed by atoms with Crippen LogP contribution in [0, 0.1) is 6.92 Å². The number of hydrogen-bond donors (Lipinski definition) is 1. The third-order valence-corrected chi connectivity index (χ3v) is 1.54. The largest absolute Gasteiger partial charge is 0.478 e. The number of ether oxygens (including phenoxy) is 1. The van der Waals surface area contributed by atoms with Crippen LogP contribution in [0.1, 0.15) is 18.1 Å². The molecule has 1 aromatic rings. The fourth-order valence-corrected chi connectivity index (χ4v) is 1.01. The summed E-state index contributed by atoms with van der Waals surface area (Å²) in [6, 6.07) is 1.84. The highest BCUT2D eigenvalue weighted by Crippen LogP contribution is 2.13. The van der Waals surface area contributed by atoms with Crippen molar-refractivity contribution in [1.82, 2.24) is 4.98 Å². The van der Waals surface area contributed by atoms with E-state index in [9.17, 15) is 0 Å². The zero-order valence-corrected chi connectivity index (χ0v) is 7.69. The van der Waals surface area contributed by atoms with Crippen LogP contribution < -0.4 is 4.74 Å². The molecule has 1 aromatic heterocycles. The van der Waals surface area contributed by atoms with Crippen LogP contribution in [0.15, 0.2) is 17.4 Å². The third kappa shape index (κ3) is 2.43. The predicted molar refractivity (Wildman–Crippen MR) is 49.5 cm³/mol. The molecule has 0 saturated heterocycles. The summed E-state index contributed by atoms with van der Waals surface area (Å²) in [6.07, 6.45) is 2.92. The monoisotopic (exact) mass is 180 g/mol. The molecule has 0 atom stereocenters. The van der Waals surface area contributed by atoms with Gasteiger partial charge >= 0.3 is 0 Å². The first-order valence-electron chi connectivity index (χ1n) is 4.04. The highest BCUT2D eigenvalue weighted by molar-refractivity contribution is 5.78. The average Bonchev–Trinajstić information content (AvgIpc) is 2.10. The van der Waals surface area contributed by atoms with Gasteiger partial charge in [-0.25, -0.2) is 4.98 Å². The van der Waals surface area contributed by atoms with Crippen LogP contribution in [-0.4, -0.2) is 23.0 Å². The van der Waals surface area contributed by atoms with E-state index in [-0.39, 0.29) is 0 Å². The van der Waals surface area contributed by atoms with E-state index >= 15 is 0 Å². The molecule has 1 rings (SSSR count). The number of nitrogens with zero attached hydrogens (tertiary/aromatic N) is 2. The fraction of sp³-hybridized carbons (Fsp3) is 0.333. The summed E-state index contributed by atoms with van der Waals surface area (Å²) in [5.41, 5.74) is 1.68. The zero-order valence-electron chi connectivity index (χ0n) is 7.69. The van der Waals surface area contributed by atoms with Gasteiger partial charge in [0.05, 0.1) is 12.8 Å². The van der Waals surface area contributed by atoms with E-state index in [1.165, 1.54) is 6.21 Å². The Morgan fingerprint density at radius 2 is 2.46 bits per heavy atom. The number of oxime groups is 1. The highest BCUT2D eigenvalue weighted by Gasteiger charge is 2.00. The first-order chi connectivity index (χ1) is 6.27. The summed E-state index contributed by atoms with van der Waals surface area (Å²) >= 11 is 0. The average molecular weight is 180 g/mol. The predicted octanol–water partition coefficient (Wildman–Crippen LogP) is 1.60. The molecule has 1 N–H and O–H groups in total. The molecule has 0 aliphatic carbocycles. The van der Waals surface area contributed by atoms with Gasteiger partial charge in [0.1, 0.15) is 0 Å². The summed E-state index contributed by atoms with van der Waals surface area (Å²) in [7, 11) is 0. The van der Waals surface area contributed by atoms with Crippen molar-refractivity contribution in [1.29, 1.82) is 0 Å². The van der Waals surface area contributed by atoms with E-state index < -0.39 is 0 Å². The molecule has 0 amide bonds. The van der Waals surface area contributed by atoms with Crippen molar-refractivity contribution in [3.8, 4) is 5.88 Å². The number of pyridine rings is 1. The maximum Gasteiger partial charge on any atom is 0.216 e. The van der Waals surface area contributed by atoms with Crippen LogP contribution in [0.25, 0.3) is 0 Å². The van der Waals surface area contributed by atoms with Gasteiger partial charge in [0, 0.05) is 17.3 Å². The second-order valence-electron chi connectivity index (χ2n) is 2.57. The van der Waals surface area contributed by atoms with Crippen LogP contribution in [0.3, 0.4) is 0 Å². The Kier molecular flexibility index (Phi) is 3.25. The van der Waals surface area contributed by atoms with Gasteiger partial charge in [0.25, 0.3) is 0 Å². The van der Waals surface area contributed by atoms with Crippen molar-refractivity contribution in [3.05, 3.63) is 23.4 Å². The second-order valence-corrected chi connectivity index (χ2v) is 2.57. The lowest BCUT2D eigenvalue weighted by Gasteiger charge is -2.04. The van der Waals surface area contributed by atoms with E-state index in [1.54, 1.807) is 6.20 Å². The van der Waals surface area contributed by atoms with Gasteiger partial charge in [0.15, 0.2) is 0 Å². The Bertz CT molecular complexity index is 310. The van der Waals surface area contributed by atoms with Gasteiger partial charge in [-0.05, 0) is 19.9 Å². The molecule has 0 bridgehead atoms. The lowest BCUT2D eigenvalue weighted by atomic mass is 10.2. The van der Waals surface area contributed by atoms with Crippen LogP contribution in [0.2, 0.25) is 0 Å². The molecule has 70 valence electrons. The Balaban J connectivity index is 2.91. The minimum absolute atomic E-state index is 0.598. The standard InChI is InChI=1S/C9H12N2O2/c1-3-13-9-7(2)4-8(5-10-9)6-11-12/h4-6,12H,3H2,1-2H3/b11-6+. The summed E-state index contributed by atoms with van der Waals surface area (Å²) in [4.78, 5) is 4.06. The van der Waals surface area contributed by atoms with Gasteiger partial charge in [0.2, 0.25) is 5.88 Å². The third-order valence-electron chi connectivity index (χ3n) is 1.54. The number of hydrogen-bond acceptors (Lipinski definition) is 4. The van der Waals surface area contributed by atoms with Gasteiger partial charge in [-0.1, -0.05) is 5.16 Å². The van der Waals surface area contributed by atoms with Crippen molar-refractivity contribution in [2.24, 2.45) is 5.16 Å². The lowest BCUT2D eigenvalue weighted by Crippen LogP contribution is -1.97. The summed E-state index contributed by atoms with van der Waals surface area (Å²) in [6.45, 7) is 4.40. The molecule has 0 fully saturated rings. The molecular weight excluding hydrogens is 168 g/mol. The Hall–Kier alpha value is -1.58. The van der Waals surface area contributed by atoms with Crippen molar-refractivity contribution in [3.63, 3.8) is 0 Å². The van der Waals surface area contributed by atoms with Crippen LogP contribution in [-0.2, 0) is 0 Å². The van der Waals surface area contributed by atoms with Crippen LogP contribution >= 0.6 is 0 Å². The summed E-state index contributed by atoms with van der Waals surface area (Å²) in [5.74, 6) is 0.623. The van der Waals surface area contributed by atoms with E-state index in [2.05, 4.69) is 10.1 Å². The second kappa shape index (κ2) is 4.45. The molecule has 4 nitrogen and oxygen atoms in total. The topological polar surface area (TPSA) is 54.7 Å². The maximum atomic E-state index is 8.29. The van der Waals surface area contributed by atoms with E-state index in [0.717, 1.165) is 11.1 Å². The lowest BCUT2D eigenvalue weighted by molar-refractivity contribution is 0.321. The van der Waals surface area contributed by atoms with Gasteiger partial charge in [-0.3, -0.25) is 0 Å². The van der Waals surface area contributed by atoms with Crippen molar-refractivity contribution >= 4 is 6.21 Å². The first kappa shape index (κ1) is 9.51. The normalized spacial score (nSPS) is 10.6. The van der Waals surface area contributed by atoms with Gasteiger partial charge < -0.3 is 9.94 Å². The van der Waals surface area contributed by atoms with Crippen molar-refractivity contribution in [2.75, 3.05) is 6.61 Å². The first-order valence-corrected chi connectivity index (χ1v) is 4.04. The molecule has 0 unspecified atom stereocenters. The van der Waals surface area contributed by atoms with E-state index in [4.69, 9.17) is 9.94 Å². The molecule has 0 aromatic carbocycles. The minimum atomic E-state index is 0.598. The molecule has 0 aliphatic heterocycles. The van der Waals surface area contributed by atoms with Crippen molar-refractivity contribution in [2.45, 2.75) is 13.8 Å². The van der Waals surface area contributed by atoms with E-state index in [0.29, 0.717) is 12.5 Å². The van der Waals surface area contributed by atoms with Crippen molar-refractivity contribution < 1.29 is 9.94 Å². The Labute approximate surface area is 76.9 Å². The maximum absolute atomic E-state index is 8.29. The minimum Gasteiger partial charge on any atom is -0.478 e. The SMILES string of the molecule is CCOc1ncc(/C=N/O)cc1C. The molecule has 13 heavy (non-hydrogen) atoms. The highest BCUT2D eigenvalue weighted by atomic mass is 16.5. The molecule has 0 aliphatic rings. The van der Waals surface area contributed by atoms with Crippen LogP contribution in [0.5, 0.6) is 5.88 Å². The molecule has 4 heteroatoms. The Morgan fingerprint density at radius 1 is 1.69 bits per heavy atom. The van der Waals surface area contributed by atoms with Gasteiger partial charge in [-0.2, -0.15) is 0 Å². The Morgan fingerprint density at radius 3 is 3.00 bits per heavy atom. The molecule has 0 radical (unpaired) electrons. The fourth-order valence-electron chi connectivity index (χ4n) is 1.01.